The summed E-state index contributed by atoms with van der Waals surface area (Å²) in [6.45, 7) is -0.647. The third-order valence-corrected chi connectivity index (χ3v) is 1.82. The Bertz CT molecular complexity index is 411. The van der Waals surface area contributed by atoms with Crippen LogP contribution in [0.15, 0.2) is 6.07 Å². The molecule has 0 saturated heterocycles. The second-order valence-corrected chi connectivity index (χ2v) is 2.78. The number of aliphatic hydroxyl groups excluding tert-OH is 1. The molecule has 1 rings (SSSR count). The molecule has 0 amide bonds. The second kappa shape index (κ2) is 4.79. The lowest BCUT2D eigenvalue weighted by Crippen LogP contribution is -2.04. The molecule has 0 aliphatic carbocycles. The second-order valence-electron chi connectivity index (χ2n) is 2.78. The zero-order valence-corrected chi connectivity index (χ0v) is 8.18. The van der Waals surface area contributed by atoms with Crippen LogP contribution in [-0.2, 0) is 6.61 Å². The Hall–Kier alpha value is -1.83. The monoisotopic (exact) mass is 234 g/mol. The highest BCUT2D eigenvalue weighted by Gasteiger charge is 2.26. The summed E-state index contributed by atoms with van der Waals surface area (Å²) in [5.41, 5.74) is -0.865. The zero-order chi connectivity index (χ0) is 12.3. The predicted molar refractivity (Wildman–Crippen MR) is 48.3 cm³/mol. The number of hydrogen-bond acceptors (Lipinski definition) is 5. The fraction of sp³-hybridized carbons (Fsp3) is 0.375. The van der Waals surface area contributed by atoms with Gasteiger partial charge >= 0.3 is 12.2 Å². The molecule has 1 heterocycles. The molecule has 0 aromatic carbocycles. The van der Waals surface area contributed by atoms with Crippen molar-refractivity contribution in [3.8, 4) is 5.75 Å². The van der Waals surface area contributed by atoms with Crippen molar-refractivity contribution in [2.45, 2.75) is 13.0 Å². The molecule has 0 radical (unpaired) electrons. The number of alkyl halides is 2. The minimum absolute atomic E-state index is 0.0977. The summed E-state index contributed by atoms with van der Waals surface area (Å²) < 4.78 is 29.4. The summed E-state index contributed by atoms with van der Waals surface area (Å²) in [5.74, 6) is -1.14. The lowest BCUT2D eigenvalue weighted by Gasteiger charge is -2.07. The average molecular weight is 234 g/mol. The van der Waals surface area contributed by atoms with Gasteiger partial charge < -0.3 is 20.0 Å². The molecule has 0 aliphatic heterocycles. The average Bonchev–Trinajstić information content (AvgIpc) is 2.26. The van der Waals surface area contributed by atoms with E-state index < -0.39 is 29.5 Å². The highest BCUT2D eigenvalue weighted by molar-refractivity contribution is 5.47. The number of aliphatic hydroxyl groups is 1. The first-order valence-electron chi connectivity index (χ1n) is 4.12. The molecule has 0 bridgehead atoms. The fourth-order valence-corrected chi connectivity index (χ4v) is 1.17. The largest absolute Gasteiger partial charge is 0.489 e. The van der Waals surface area contributed by atoms with Crippen molar-refractivity contribution in [1.82, 2.24) is 4.98 Å². The Morgan fingerprint density at radius 2 is 2.31 bits per heavy atom. The number of methoxy groups -OCH3 is 1. The minimum atomic E-state index is -2.95. The van der Waals surface area contributed by atoms with Gasteiger partial charge in [-0.2, -0.15) is 0 Å². The van der Waals surface area contributed by atoms with E-state index in [1.54, 1.807) is 0 Å². The van der Waals surface area contributed by atoms with Crippen LogP contribution in [0.4, 0.5) is 14.6 Å². The Morgan fingerprint density at radius 3 is 2.69 bits per heavy atom. The molecule has 0 aliphatic rings. The summed E-state index contributed by atoms with van der Waals surface area (Å²) >= 11 is 0. The van der Waals surface area contributed by atoms with Crippen LogP contribution < -0.4 is 4.74 Å². The standard InChI is InChI=1S/C8H8F2N2O4/c1-16-6-4(3-13)2-5(7(9)10)11-8(6)12(14)15/h2,7,13H,3H2,1H3. The number of nitrogens with zero attached hydrogens (tertiary/aromatic N) is 2. The van der Waals surface area contributed by atoms with Crippen LogP contribution >= 0.6 is 0 Å². The zero-order valence-electron chi connectivity index (χ0n) is 8.18. The van der Waals surface area contributed by atoms with Gasteiger partial charge in [0.2, 0.25) is 11.4 Å². The van der Waals surface area contributed by atoms with Crippen molar-refractivity contribution in [3.63, 3.8) is 0 Å². The summed E-state index contributed by atoms with van der Waals surface area (Å²) in [6, 6.07) is 0.872. The maximum absolute atomic E-state index is 12.4. The van der Waals surface area contributed by atoms with Crippen LogP contribution in [-0.4, -0.2) is 22.1 Å². The fourth-order valence-electron chi connectivity index (χ4n) is 1.17. The van der Waals surface area contributed by atoms with E-state index in [0.29, 0.717) is 0 Å². The van der Waals surface area contributed by atoms with E-state index in [4.69, 9.17) is 5.11 Å². The molecular formula is C8H8F2N2O4. The van der Waals surface area contributed by atoms with E-state index in [1.165, 1.54) is 0 Å². The van der Waals surface area contributed by atoms with Crippen molar-refractivity contribution in [2.75, 3.05) is 7.11 Å². The van der Waals surface area contributed by atoms with Crippen LogP contribution in [0.25, 0.3) is 0 Å². The first-order valence-corrected chi connectivity index (χ1v) is 4.12. The molecular weight excluding hydrogens is 226 g/mol. The number of aromatic nitrogens is 1. The Kier molecular flexibility index (Phi) is 3.67. The van der Waals surface area contributed by atoms with Gasteiger partial charge in [0.25, 0.3) is 0 Å². The first-order chi connectivity index (χ1) is 7.51. The Labute approximate surface area is 88.6 Å². The molecule has 8 heteroatoms. The van der Waals surface area contributed by atoms with E-state index in [0.717, 1.165) is 13.2 Å². The Balaban J connectivity index is 3.43. The van der Waals surface area contributed by atoms with Gasteiger partial charge in [-0.25, -0.2) is 8.78 Å². The summed E-state index contributed by atoms with van der Waals surface area (Å²) in [5, 5.41) is 19.4. The highest BCUT2D eigenvalue weighted by Crippen LogP contribution is 2.32. The van der Waals surface area contributed by atoms with Gasteiger partial charge in [-0.3, -0.25) is 0 Å². The molecule has 88 valence electrons. The number of rotatable bonds is 4. The quantitative estimate of drug-likeness (QED) is 0.629. The summed E-state index contributed by atoms with van der Waals surface area (Å²) in [6.07, 6.45) is -2.95. The minimum Gasteiger partial charge on any atom is -0.489 e. The maximum Gasteiger partial charge on any atom is 0.407 e. The third-order valence-electron chi connectivity index (χ3n) is 1.82. The molecule has 0 spiro atoms. The van der Waals surface area contributed by atoms with Crippen molar-refractivity contribution in [3.05, 3.63) is 27.4 Å². The maximum atomic E-state index is 12.4. The number of pyridine rings is 1. The van der Waals surface area contributed by atoms with Crippen molar-refractivity contribution >= 4 is 5.82 Å². The van der Waals surface area contributed by atoms with Gasteiger partial charge in [0.05, 0.1) is 13.7 Å². The van der Waals surface area contributed by atoms with Crippen LogP contribution in [0.3, 0.4) is 0 Å². The van der Waals surface area contributed by atoms with Crippen molar-refractivity contribution in [2.24, 2.45) is 0 Å². The Morgan fingerprint density at radius 1 is 1.69 bits per heavy atom. The van der Waals surface area contributed by atoms with Gasteiger partial charge in [-0.15, -0.1) is 0 Å². The van der Waals surface area contributed by atoms with Crippen LogP contribution in [0.1, 0.15) is 17.7 Å². The predicted octanol–water partition coefficient (Wildman–Crippen LogP) is 1.43. The lowest BCUT2D eigenvalue weighted by molar-refractivity contribution is -0.390. The molecule has 0 fully saturated rings. The van der Waals surface area contributed by atoms with E-state index in [-0.39, 0.29) is 11.3 Å². The third kappa shape index (κ3) is 2.22. The molecule has 0 unspecified atom stereocenters. The van der Waals surface area contributed by atoms with Gasteiger partial charge in [0.15, 0.2) is 0 Å². The van der Waals surface area contributed by atoms with Crippen molar-refractivity contribution in [1.29, 1.82) is 0 Å². The van der Waals surface area contributed by atoms with E-state index in [9.17, 15) is 18.9 Å². The highest BCUT2D eigenvalue weighted by atomic mass is 19.3. The summed E-state index contributed by atoms with van der Waals surface area (Å²) in [7, 11) is 1.13. The number of hydrogen-bond donors (Lipinski definition) is 1. The number of nitro groups is 1. The molecule has 1 aromatic heterocycles. The van der Waals surface area contributed by atoms with E-state index in [2.05, 4.69) is 9.72 Å². The molecule has 1 aromatic rings. The molecule has 16 heavy (non-hydrogen) atoms. The first kappa shape index (κ1) is 12.2. The normalized spacial score (nSPS) is 10.6. The van der Waals surface area contributed by atoms with E-state index in [1.807, 2.05) is 0 Å². The number of halogens is 2. The molecule has 0 atom stereocenters. The molecule has 0 saturated carbocycles. The SMILES string of the molecule is COc1c(CO)cc(C(F)F)nc1[N+](=O)[O-]. The molecule has 6 nitrogen and oxygen atoms in total. The van der Waals surface area contributed by atoms with Gasteiger partial charge in [-0.05, 0) is 9.91 Å². The lowest BCUT2D eigenvalue weighted by atomic mass is 10.2. The summed E-state index contributed by atoms with van der Waals surface area (Å²) in [4.78, 5) is 12.8. The smallest absolute Gasteiger partial charge is 0.407 e. The number of ether oxygens (including phenoxy) is 1. The van der Waals surface area contributed by atoms with Gasteiger partial charge in [-0.1, -0.05) is 0 Å². The van der Waals surface area contributed by atoms with Gasteiger partial charge in [0, 0.05) is 11.6 Å². The van der Waals surface area contributed by atoms with Gasteiger partial charge in [0.1, 0.15) is 0 Å². The molecule has 1 N–H and O–H groups in total. The van der Waals surface area contributed by atoms with E-state index >= 15 is 0 Å². The topological polar surface area (TPSA) is 85.5 Å². The van der Waals surface area contributed by atoms with Crippen molar-refractivity contribution < 1.29 is 23.5 Å². The van der Waals surface area contributed by atoms with Crippen LogP contribution in [0.5, 0.6) is 5.75 Å². The van der Waals surface area contributed by atoms with Crippen LogP contribution in [0, 0.1) is 10.1 Å². The van der Waals surface area contributed by atoms with Crippen LogP contribution in [0.2, 0.25) is 0 Å².